The summed E-state index contributed by atoms with van der Waals surface area (Å²) in [4.78, 5) is 50.1. The summed E-state index contributed by atoms with van der Waals surface area (Å²) in [6, 6.07) is 0. The van der Waals surface area contributed by atoms with Gasteiger partial charge in [0.15, 0.2) is 11.8 Å². The van der Waals surface area contributed by atoms with Gasteiger partial charge in [0, 0.05) is 7.11 Å². The fraction of sp³-hybridized carbons (Fsp3) is 1.00. The third kappa shape index (κ3) is 18.6. The summed E-state index contributed by atoms with van der Waals surface area (Å²) in [6.45, 7) is 1.41. The van der Waals surface area contributed by atoms with Gasteiger partial charge in [-0.3, -0.25) is 18.3 Å². The first-order chi connectivity index (χ1) is 9.04. The van der Waals surface area contributed by atoms with Gasteiger partial charge in [-0.2, -0.15) is 0 Å². The maximum absolute atomic E-state index is 10.7. The number of rotatable bonds is 7. The zero-order valence-corrected chi connectivity index (χ0v) is 14.6. The first-order valence-electron chi connectivity index (χ1n) is 4.96. The lowest BCUT2D eigenvalue weighted by Gasteiger charge is -2.10. The predicted molar refractivity (Wildman–Crippen MR) is 72.1 cm³/mol. The molecule has 0 saturated heterocycles. The molecule has 0 rings (SSSR count). The maximum atomic E-state index is 10.7. The molecule has 6 N–H and O–H groups in total. The fourth-order valence-corrected chi connectivity index (χ4v) is 5.68. The molecule has 2 unspecified atom stereocenters. The normalized spacial score (nSPS) is 18.1. The van der Waals surface area contributed by atoms with E-state index in [2.05, 4.69) is 9.05 Å². The van der Waals surface area contributed by atoms with Gasteiger partial charge in [-0.05, 0) is 6.92 Å². The topological polar surface area (TPSA) is 208 Å². The van der Waals surface area contributed by atoms with E-state index in [1.807, 2.05) is 0 Å². The molecule has 12 nitrogen and oxygen atoms in total. The molecule has 0 aromatic carbocycles. The molecule has 0 aliphatic rings. The van der Waals surface area contributed by atoms with E-state index in [0.29, 0.717) is 0 Å². The molecule has 0 aromatic heterocycles. The summed E-state index contributed by atoms with van der Waals surface area (Å²) in [7, 11) is -16.1. The smallest absolute Gasteiger partial charge is 0.324 e. The second kappa shape index (κ2) is 9.03. The van der Waals surface area contributed by atoms with Crippen LogP contribution in [0.4, 0.5) is 0 Å². The SMILES string of the molecule is CCOP(=O)(O)CP(=O)(O)O.COP(=O)(O)CP(=O)(O)O. The Morgan fingerprint density at radius 2 is 1.10 bits per heavy atom. The highest BCUT2D eigenvalue weighted by Crippen LogP contribution is 2.55. The van der Waals surface area contributed by atoms with E-state index < -0.39 is 42.2 Å². The molecule has 0 aromatic rings. The highest BCUT2D eigenvalue weighted by Gasteiger charge is 2.30. The maximum Gasteiger partial charge on any atom is 0.340 e. The molecule has 21 heavy (non-hydrogen) atoms. The van der Waals surface area contributed by atoms with Gasteiger partial charge in [0.05, 0.1) is 6.61 Å². The lowest BCUT2D eigenvalue weighted by atomic mass is 10.9. The standard InChI is InChI=1S/C3H10O6P2.C2H8O6P2/c1-2-9-11(7,8)3-10(4,5)6;1-8-10(6,7)2-9(3,4)5/h2-3H2,1H3,(H,7,8)(H2,4,5,6);2H2,1H3,(H,6,7)(H2,3,4,5). The Morgan fingerprint density at radius 1 is 0.762 bits per heavy atom. The minimum Gasteiger partial charge on any atom is -0.324 e. The Hall–Kier alpha value is 0.600. The van der Waals surface area contributed by atoms with Crippen LogP contribution in [0.5, 0.6) is 0 Å². The molecule has 0 radical (unpaired) electrons. The highest BCUT2D eigenvalue weighted by atomic mass is 31.2. The van der Waals surface area contributed by atoms with Gasteiger partial charge in [0.2, 0.25) is 0 Å². The number of hydrogen-bond acceptors (Lipinski definition) is 6. The van der Waals surface area contributed by atoms with Crippen molar-refractivity contribution >= 4 is 30.4 Å². The van der Waals surface area contributed by atoms with Crippen molar-refractivity contribution in [3.63, 3.8) is 0 Å². The lowest BCUT2D eigenvalue weighted by Crippen LogP contribution is -1.94. The molecule has 16 heteroatoms. The van der Waals surface area contributed by atoms with Crippen molar-refractivity contribution in [1.82, 2.24) is 0 Å². The minimum absolute atomic E-state index is 0.0478. The average Bonchev–Trinajstić information content (AvgIpc) is 2.10. The molecule has 0 spiro atoms. The zero-order valence-electron chi connectivity index (χ0n) is 11.0. The molecule has 0 aliphatic carbocycles. The van der Waals surface area contributed by atoms with Gasteiger partial charge in [-0.25, -0.2) is 0 Å². The summed E-state index contributed by atoms with van der Waals surface area (Å²) >= 11 is 0. The van der Waals surface area contributed by atoms with Crippen molar-refractivity contribution in [2.24, 2.45) is 0 Å². The van der Waals surface area contributed by atoms with Gasteiger partial charge in [-0.15, -0.1) is 0 Å². The molecule has 0 fully saturated rings. The summed E-state index contributed by atoms with van der Waals surface area (Å²) in [6.07, 6.45) is 0. The van der Waals surface area contributed by atoms with Crippen LogP contribution in [0.2, 0.25) is 0 Å². The minimum atomic E-state index is -4.46. The van der Waals surface area contributed by atoms with E-state index in [4.69, 9.17) is 29.4 Å². The second-order valence-corrected chi connectivity index (χ2v) is 11.6. The molecular weight excluding hydrogens is 376 g/mol. The molecule has 2 atom stereocenters. The van der Waals surface area contributed by atoms with Gasteiger partial charge in [-0.1, -0.05) is 0 Å². The summed E-state index contributed by atoms with van der Waals surface area (Å²) in [5.74, 6) is -2.25. The van der Waals surface area contributed by atoms with Gasteiger partial charge in [0.1, 0.15) is 0 Å². The van der Waals surface area contributed by atoms with E-state index in [1.54, 1.807) is 0 Å². The van der Waals surface area contributed by atoms with Crippen molar-refractivity contribution in [1.29, 1.82) is 0 Å². The van der Waals surface area contributed by atoms with Crippen LogP contribution in [0.3, 0.4) is 0 Å². The summed E-state index contributed by atoms with van der Waals surface area (Å²) in [5, 5.41) is 0. The van der Waals surface area contributed by atoms with E-state index in [0.717, 1.165) is 7.11 Å². The highest BCUT2D eigenvalue weighted by molar-refractivity contribution is 7.70. The van der Waals surface area contributed by atoms with E-state index in [-0.39, 0.29) is 6.61 Å². The Balaban J connectivity index is 0. The van der Waals surface area contributed by atoms with Crippen molar-refractivity contribution in [3.05, 3.63) is 0 Å². The van der Waals surface area contributed by atoms with Gasteiger partial charge in [0.25, 0.3) is 0 Å². The van der Waals surface area contributed by atoms with Crippen molar-refractivity contribution in [2.45, 2.75) is 6.92 Å². The monoisotopic (exact) mass is 394 g/mol. The molecule has 130 valence electrons. The van der Waals surface area contributed by atoms with E-state index in [1.165, 1.54) is 6.92 Å². The largest absolute Gasteiger partial charge is 0.340 e. The van der Waals surface area contributed by atoms with Crippen LogP contribution < -0.4 is 0 Å². The van der Waals surface area contributed by atoms with Gasteiger partial charge < -0.3 is 38.4 Å². The van der Waals surface area contributed by atoms with Crippen LogP contribution in [0.25, 0.3) is 0 Å². The molecule has 0 aliphatic heterocycles. The Bertz CT molecular complexity index is 488. The Labute approximate surface area is 120 Å². The van der Waals surface area contributed by atoms with Crippen LogP contribution in [-0.2, 0) is 27.3 Å². The first-order valence-corrected chi connectivity index (χ1v) is 12.1. The van der Waals surface area contributed by atoms with Crippen LogP contribution in [-0.4, -0.2) is 54.9 Å². The van der Waals surface area contributed by atoms with Crippen LogP contribution in [0.15, 0.2) is 0 Å². The fourth-order valence-electron chi connectivity index (χ4n) is 0.766. The third-order valence-electron chi connectivity index (χ3n) is 1.34. The van der Waals surface area contributed by atoms with Crippen molar-refractivity contribution in [2.75, 3.05) is 25.5 Å². The first kappa shape index (κ1) is 23.9. The van der Waals surface area contributed by atoms with Crippen LogP contribution in [0.1, 0.15) is 6.92 Å². The molecule has 0 bridgehead atoms. The predicted octanol–water partition coefficient (Wildman–Crippen LogP) is 0.297. The lowest BCUT2D eigenvalue weighted by molar-refractivity contribution is 0.274. The zero-order chi connectivity index (χ0) is 17.5. The molecule has 0 saturated carbocycles. The van der Waals surface area contributed by atoms with Crippen LogP contribution >= 0.6 is 30.4 Å². The molecular formula is C5H18O12P4. The summed E-state index contributed by atoms with van der Waals surface area (Å²) in [5.41, 5.74) is 0. The van der Waals surface area contributed by atoms with E-state index in [9.17, 15) is 18.3 Å². The van der Waals surface area contributed by atoms with Crippen molar-refractivity contribution < 1.29 is 56.7 Å². The second-order valence-electron chi connectivity index (χ2n) is 3.49. The van der Waals surface area contributed by atoms with Crippen molar-refractivity contribution in [3.8, 4) is 0 Å². The molecule has 0 amide bonds. The van der Waals surface area contributed by atoms with Crippen LogP contribution in [0, 0.1) is 0 Å². The van der Waals surface area contributed by atoms with Gasteiger partial charge >= 0.3 is 30.4 Å². The van der Waals surface area contributed by atoms with E-state index >= 15 is 0 Å². The Morgan fingerprint density at radius 3 is 1.29 bits per heavy atom. The summed E-state index contributed by atoms with van der Waals surface area (Å²) < 4.78 is 49.6. The quantitative estimate of drug-likeness (QED) is 0.322. The Kier molecular flexibility index (Phi) is 10.3. The average molecular weight is 394 g/mol. The number of hydrogen-bond donors (Lipinski definition) is 6. The molecule has 0 heterocycles. The third-order valence-corrected chi connectivity index (χ3v) is 8.38.